The van der Waals surface area contributed by atoms with Crippen molar-refractivity contribution in [1.29, 1.82) is 0 Å². The maximum atomic E-state index is 2.47. The molecule has 3 heteroatoms. The summed E-state index contributed by atoms with van der Waals surface area (Å²) in [7, 11) is -2.57. The van der Waals surface area contributed by atoms with Crippen LogP contribution < -0.4 is 20.7 Å². The van der Waals surface area contributed by atoms with E-state index >= 15 is 0 Å². The van der Waals surface area contributed by atoms with Gasteiger partial charge in [-0.15, -0.1) is 22.7 Å². The minimum Gasteiger partial charge on any atom is -0.124 e. The SMILES string of the molecule is c1ccc([Si](c2ccccc2)(c2ccccc2)c2cccc(-c3ccc4sc5sc6ccccc6c5c4c3)c2)cc1. The normalized spacial score (nSPS) is 11.9. The quantitative estimate of drug-likeness (QED) is 0.143. The lowest BCUT2D eigenvalue weighted by Crippen LogP contribution is -2.74. The van der Waals surface area contributed by atoms with E-state index < -0.39 is 8.07 Å². The van der Waals surface area contributed by atoms with Gasteiger partial charge in [0.05, 0.1) is 4.01 Å². The molecule has 0 atom stereocenters. The summed E-state index contributed by atoms with van der Waals surface area (Å²) in [6.45, 7) is 0. The third kappa shape index (κ3) is 3.92. The first-order chi connectivity index (χ1) is 20.3. The molecule has 8 rings (SSSR count). The van der Waals surface area contributed by atoms with E-state index in [1.165, 1.54) is 61.4 Å². The molecule has 0 saturated carbocycles. The van der Waals surface area contributed by atoms with Crippen molar-refractivity contribution >= 4 is 81.1 Å². The fourth-order valence-electron chi connectivity index (χ4n) is 6.44. The van der Waals surface area contributed by atoms with Gasteiger partial charge in [-0.3, -0.25) is 0 Å². The van der Waals surface area contributed by atoms with Crippen molar-refractivity contribution in [3.63, 3.8) is 0 Å². The second-order valence-electron chi connectivity index (χ2n) is 10.5. The van der Waals surface area contributed by atoms with E-state index in [-0.39, 0.29) is 0 Å². The highest BCUT2D eigenvalue weighted by Crippen LogP contribution is 2.44. The summed E-state index contributed by atoms with van der Waals surface area (Å²) in [5.74, 6) is 0. The van der Waals surface area contributed by atoms with Gasteiger partial charge in [-0.05, 0) is 50.1 Å². The van der Waals surface area contributed by atoms with E-state index in [9.17, 15) is 0 Å². The minimum absolute atomic E-state index is 1.27. The second-order valence-corrected chi connectivity index (χ2v) is 16.7. The molecule has 6 aromatic carbocycles. The van der Waals surface area contributed by atoms with Crippen LogP contribution in [0.25, 0.3) is 40.7 Å². The zero-order valence-electron chi connectivity index (χ0n) is 22.3. The molecule has 0 unspecified atom stereocenters. The number of rotatable bonds is 5. The highest BCUT2D eigenvalue weighted by molar-refractivity contribution is 7.44. The van der Waals surface area contributed by atoms with Crippen LogP contribution in [0.4, 0.5) is 0 Å². The molecule has 0 N–H and O–H groups in total. The van der Waals surface area contributed by atoms with Crippen molar-refractivity contribution in [2.75, 3.05) is 0 Å². The van der Waals surface area contributed by atoms with Crippen LogP contribution in [0.1, 0.15) is 0 Å². The molecule has 0 fully saturated rings. The van der Waals surface area contributed by atoms with Crippen molar-refractivity contribution < 1.29 is 0 Å². The molecule has 0 nitrogen and oxygen atoms in total. The van der Waals surface area contributed by atoms with Crippen LogP contribution >= 0.6 is 22.7 Å². The smallest absolute Gasteiger partial charge is 0.124 e. The van der Waals surface area contributed by atoms with Crippen molar-refractivity contribution in [1.82, 2.24) is 0 Å². The van der Waals surface area contributed by atoms with Crippen LogP contribution in [0.5, 0.6) is 0 Å². The maximum absolute atomic E-state index is 2.57. The summed E-state index contributed by atoms with van der Waals surface area (Å²) in [6, 6.07) is 58.7. The Morgan fingerprint density at radius 1 is 0.366 bits per heavy atom. The lowest BCUT2D eigenvalue weighted by molar-refractivity contribution is 1.64. The standard InChI is InChI=1S/C38H26S2Si/c1-4-14-29(15-5-1)41(30-16-6-2-7-17-30,31-18-8-3-9-19-31)32-20-12-13-27(25-32)28-23-24-36-34(26-28)37-33-21-10-11-22-35(33)39-38(37)40-36/h1-26H. The molecule has 0 spiro atoms. The van der Waals surface area contributed by atoms with Crippen LogP contribution in [0.2, 0.25) is 0 Å². The summed E-state index contributed by atoms with van der Waals surface area (Å²) >= 11 is 3.83. The molecule has 0 aliphatic rings. The van der Waals surface area contributed by atoms with Crippen LogP contribution in [0.15, 0.2) is 158 Å². The first kappa shape index (κ1) is 24.5. The third-order valence-corrected chi connectivity index (χ3v) is 15.5. The number of thiophene rings is 2. The predicted molar refractivity (Wildman–Crippen MR) is 184 cm³/mol. The van der Waals surface area contributed by atoms with Gasteiger partial charge in [0.15, 0.2) is 8.07 Å². The minimum atomic E-state index is -2.57. The molecule has 0 bridgehead atoms. The van der Waals surface area contributed by atoms with E-state index in [0.717, 1.165) is 0 Å². The van der Waals surface area contributed by atoms with E-state index in [0.29, 0.717) is 0 Å². The van der Waals surface area contributed by atoms with Crippen LogP contribution in [0.3, 0.4) is 0 Å². The number of benzene rings is 6. The zero-order chi connectivity index (χ0) is 27.2. The van der Waals surface area contributed by atoms with Gasteiger partial charge in [0.25, 0.3) is 0 Å². The molecule has 8 aromatic rings. The largest absolute Gasteiger partial charge is 0.179 e. The Morgan fingerprint density at radius 2 is 0.878 bits per heavy atom. The molecular formula is C38H26S2Si. The van der Waals surface area contributed by atoms with Gasteiger partial charge in [0, 0.05) is 25.6 Å². The van der Waals surface area contributed by atoms with Crippen molar-refractivity contribution in [2.24, 2.45) is 0 Å². The van der Waals surface area contributed by atoms with E-state index in [2.05, 4.69) is 158 Å². The lowest BCUT2D eigenvalue weighted by Gasteiger charge is -2.34. The van der Waals surface area contributed by atoms with Gasteiger partial charge in [-0.25, -0.2) is 0 Å². The van der Waals surface area contributed by atoms with Gasteiger partial charge in [-0.2, -0.15) is 0 Å². The first-order valence-corrected chi connectivity index (χ1v) is 17.6. The second kappa shape index (κ2) is 9.97. The molecule has 0 aliphatic heterocycles. The Kier molecular flexibility index (Phi) is 5.96. The molecule has 0 amide bonds. The summed E-state index contributed by atoms with van der Waals surface area (Å²) in [6.07, 6.45) is 0. The Bertz CT molecular complexity index is 2040. The zero-order valence-corrected chi connectivity index (χ0v) is 25.0. The third-order valence-electron chi connectivity index (χ3n) is 8.26. The average molecular weight is 575 g/mol. The Morgan fingerprint density at radius 3 is 1.51 bits per heavy atom. The number of hydrogen-bond donors (Lipinski definition) is 0. The maximum Gasteiger partial charge on any atom is 0.179 e. The van der Waals surface area contributed by atoms with Gasteiger partial charge in [-0.1, -0.05) is 140 Å². The van der Waals surface area contributed by atoms with E-state index in [1.807, 2.05) is 22.7 Å². The Hall–Kier alpha value is -4.28. The van der Waals surface area contributed by atoms with Crippen molar-refractivity contribution in [3.8, 4) is 11.1 Å². The molecule has 2 heterocycles. The average Bonchev–Trinajstić information content (AvgIpc) is 3.59. The molecule has 194 valence electrons. The van der Waals surface area contributed by atoms with Gasteiger partial charge in [0.1, 0.15) is 0 Å². The summed E-state index contributed by atoms with van der Waals surface area (Å²) in [5.41, 5.74) is 2.54. The Labute approximate surface area is 248 Å². The van der Waals surface area contributed by atoms with Gasteiger partial charge >= 0.3 is 0 Å². The van der Waals surface area contributed by atoms with E-state index in [1.54, 1.807) is 0 Å². The molecule has 0 saturated heterocycles. The fourth-order valence-corrected chi connectivity index (χ4v) is 13.8. The molecule has 0 aliphatic carbocycles. The van der Waals surface area contributed by atoms with E-state index in [4.69, 9.17) is 0 Å². The van der Waals surface area contributed by atoms with Crippen LogP contribution in [-0.4, -0.2) is 8.07 Å². The number of fused-ring (bicyclic) bond motifs is 5. The molecule has 41 heavy (non-hydrogen) atoms. The van der Waals surface area contributed by atoms with Crippen molar-refractivity contribution in [2.45, 2.75) is 0 Å². The number of hydrogen-bond acceptors (Lipinski definition) is 2. The monoisotopic (exact) mass is 574 g/mol. The highest BCUT2D eigenvalue weighted by Gasteiger charge is 2.41. The summed E-state index contributed by atoms with van der Waals surface area (Å²) in [4.78, 5) is 0. The lowest BCUT2D eigenvalue weighted by atomic mass is 10.0. The van der Waals surface area contributed by atoms with Crippen LogP contribution in [-0.2, 0) is 0 Å². The fraction of sp³-hybridized carbons (Fsp3) is 0. The summed E-state index contributed by atoms with van der Waals surface area (Å²) < 4.78 is 4.14. The first-order valence-electron chi connectivity index (χ1n) is 13.9. The Balaban J connectivity index is 1.38. The van der Waals surface area contributed by atoms with Gasteiger partial charge in [0.2, 0.25) is 0 Å². The highest BCUT2D eigenvalue weighted by atomic mass is 32.2. The van der Waals surface area contributed by atoms with Crippen LogP contribution in [0, 0.1) is 0 Å². The van der Waals surface area contributed by atoms with Crippen molar-refractivity contribution in [3.05, 3.63) is 158 Å². The summed E-state index contributed by atoms with van der Waals surface area (Å²) in [5, 5.41) is 9.73. The molecule has 2 aromatic heterocycles. The predicted octanol–water partition coefficient (Wildman–Crippen LogP) is 8.31. The van der Waals surface area contributed by atoms with Gasteiger partial charge < -0.3 is 0 Å². The topological polar surface area (TPSA) is 0 Å². The molecular weight excluding hydrogens is 549 g/mol. The molecule has 0 radical (unpaired) electrons.